The summed E-state index contributed by atoms with van der Waals surface area (Å²) in [6, 6.07) is 3.90. The molecule has 1 aliphatic rings. The summed E-state index contributed by atoms with van der Waals surface area (Å²) in [5.74, 6) is 0. The first kappa shape index (κ1) is 16.7. The summed E-state index contributed by atoms with van der Waals surface area (Å²) >= 11 is 0. The van der Waals surface area contributed by atoms with Crippen LogP contribution in [-0.2, 0) is 16.2 Å². The molecule has 0 saturated carbocycles. The molecule has 9 heteroatoms. The highest BCUT2D eigenvalue weighted by atomic mass is 32.2. The first-order chi connectivity index (χ1) is 10.3. The molecule has 1 aromatic carbocycles. The summed E-state index contributed by atoms with van der Waals surface area (Å²) in [6.07, 6.45) is -4.20. The third-order valence-corrected chi connectivity index (χ3v) is 5.25. The van der Waals surface area contributed by atoms with E-state index in [1.165, 1.54) is 6.07 Å². The zero-order valence-corrected chi connectivity index (χ0v) is 12.3. The van der Waals surface area contributed by atoms with Gasteiger partial charge in [0.15, 0.2) is 0 Å². The molecule has 22 heavy (non-hydrogen) atoms. The van der Waals surface area contributed by atoms with Gasteiger partial charge in [-0.15, -0.1) is 0 Å². The van der Waals surface area contributed by atoms with E-state index in [9.17, 15) is 21.6 Å². The molecule has 0 atom stereocenters. The number of nitrogens with zero attached hydrogens (tertiary/aromatic N) is 2. The summed E-state index contributed by atoms with van der Waals surface area (Å²) in [5.41, 5.74) is -1.83. The molecule has 0 radical (unpaired) electrons. The Labute approximate surface area is 126 Å². The van der Waals surface area contributed by atoms with Crippen molar-refractivity contribution >= 4 is 10.0 Å². The van der Waals surface area contributed by atoms with E-state index in [1.54, 1.807) is 0 Å². The minimum absolute atomic E-state index is 0.198. The number of hydrogen-bond acceptors (Lipinski definition) is 4. The lowest BCUT2D eigenvalue weighted by molar-refractivity contribution is -0.137. The molecule has 0 amide bonds. The second kappa shape index (κ2) is 6.24. The zero-order chi connectivity index (χ0) is 16.4. The van der Waals surface area contributed by atoms with Crippen LogP contribution >= 0.6 is 0 Å². The molecule has 120 valence electrons. The van der Waals surface area contributed by atoms with E-state index in [1.807, 2.05) is 0 Å². The monoisotopic (exact) mass is 333 g/mol. The molecule has 2 rings (SSSR count). The topological polar surface area (TPSA) is 73.2 Å². The van der Waals surface area contributed by atoms with Crippen LogP contribution in [-0.4, -0.2) is 38.9 Å². The number of sulfonamides is 1. The molecule has 1 aromatic rings. The van der Waals surface area contributed by atoms with Gasteiger partial charge in [0, 0.05) is 19.6 Å². The lowest BCUT2D eigenvalue weighted by Crippen LogP contribution is -2.34. The average molecular weight is 333 g/mol. The molecule has 1 heterocycles. The largest absolute Gasteiger partial charge is 0.417 e. The predicted molar refractivity (Wildman–Crippen MR) is 72.4 cm³/mol. The third kappa shape index (κ3) is 3.40. The number of alkyl halides is 3. The Morgan fingerprint density at radius 1 is 1.23 bits per heavy atom. The van der Waals surface area contributed by atoms with E-state index in [0.717, 1.165) is 16.4 Å². The van der Waals surface area contributed by atoms with Crippen molar-refractivity contribution in [1.29, 1.82) is 5.26 Å². The van der Waals surface area contributed by atoms with E-state index in [-0.39, 0.29) is 13.1 Å². The van der Waals surface area contributed by atoms with Crippen LogP contribution < -0.4 is 5.32 Å². The number of rotatable bonds is 2. The van der Waals surface area contributed by atoms with Crippen LogP contribution in [0.2, 0.25) is 0 Å². The predicted octanol–water partition coefficient (Wildman–Crippen LogP) is 1.56. The first-order valence-corrected chi connectivity index (χ1v) is 8.03. The Kier molecular flexibility index (Phi) is 4.75. The number of nitriles is 1. The van der Waals surface area contributed by atoms with Crippen LogP contribution in [0.5, 0.6) is 0 Å². The lowest BCUT2D eigenvalue weighted by Gasteiger charge is -2.20. The molecule has 5 nitrogen and oxygen atoms in total. The van der Waals surface area contributed by atoms with Crippen molar-refractivity contribution in [1.82, 2.24) is 9.62 Å². The van der Waals surface area contributed by atoms with Crippen molar-refractivity contribution in [2.45, 2.75) is 17.5 Å². The Balaban J connectivity index is 2.45. The highest BCUT2D eigenvalue weighted by molar-refractivity contribution is 7.89. The Bertz CT molecular complexity index is 687. The van der Waals surface area contributed by atoms with Crippen LogP contribution in [0.1, 0.15) is 17.5 Å². The van der Waals surface area contributed by atoms with Crippen molar-refractivity contribution in [2.24, 2.45) is 0 Å². The van der Waals surface area contributed by atoms with E-state index < -0.39 is 32.2 Å². The minimum Gasteiger partial charge on any atom is -0.315 e. The molecule has 0 spiro atoms. The second-order valence-electron chi connectivity index (χ2n) is 4.82. The third-order valence-electron chi connectivity index (χ3n) is 3.35. The summed E-state index contributed by atoms with van der Waals surface area (Å²) in [6.45, 7) is 1.55. The van der Waals surface area contributed by atoms with Crippen LogP contribution in [0.3, 0.4) is 0 Å². The van der Waals surface area contributed by atoms with Gasteiger partial charge in [-0.25, -0.2) is 8.42 Å². The molecule has 1 aliphatic heterocycles. The van der Waals surface area contributed by atoms with E-state index in [0.29, 0.717) is 25.6 Å². The number of nitrogens with one attached hydrogen (secondary N) is 1. The van der Waals surface area contributed by atoms with E-state index >= 15 is 0 Å². The van der Waals surface area contributed by atoms with E-state index in [4.69, 9.17) is 5.26 Å². The van der Waals surface area contributed by atoms with Crippen molar-refractivity contribution in [2.75, 3.05) is 26.2 Å². The highest BCUT2D eigenvalue weighted by Crippen LogP contribution is 2.33. The van der Waals surface area contributed by atoms with Crippen LogP contribution in [0.4, 0.5) is 13.2 Å². The van der Waals surface area contributed by atoms with Crippen molar-refractivity contribution in [3.63, 3.8) is 0 Å². The molecule has 1 N–H and O–H groups in total. The summed E-state index contributed by atoms with van der Waals surface area (Å²) in [7, 11) is -4.01. The lowest BCUT2D eigenvalue weighted by atomic mass is 10.1. The highest BCUT2D eigenvalue weighted by Gasteiger charge is 2.36. The fraction of sp³-hybridized carbons (Fsp3) is 0.462. The van der Waals surface area contributed by atoms with Gasteiger partial charge in [-0.3, -0.25) is 0 Å². The maximum atomic E-state index is 12.9. The zero-order valence-electron chi connectivity index (χ0n) is 11.5. The van der Waals surface area contributed by atoms with E-state index in [2.05, 4.69) is 5.32 Å². The quantitative estimate of drug-likeness (QED) is 0.891. The number of benzene rings is 1. The normalized spacial score (nSPS) is 17.7. The molecular weight excluding hydrogens is 319 g/mol. The Morgan fingerprint density at radius 2 is 1.95 bits per heavy atom. The first-order valence-electron chi connectivity index (χ1n) is 6.59. The van der Waals surface area contributed by atoms with Crippen LogP contribution in [0.25, 0.3) is 0 Å². The van der Waals surface area contributed by atoms with Gasteiger partial charge in [0.05, 0.1) is 22.1 Å². The maximum Gasteiger partial charge on any atom is 0.417 e. The minimum atomic E-state index is -4.78. The average Bonchev–Trinajstić information content (AvgIpc) is 2.75. The standard InChI is InChI=1S/C13H14F3N3O2S/c14-13(15,16)12-8-11(3-2-10(12)9-17)22(20,21)19-6-1-4-18-5-7-19/h2-3,8,18H,1,4-7H2. The van der Waals surface area contributed by atoms with Gasteiger partial charge < -0.3 is 5.32 Å². The van der Waals surface area contributed by atoms with Gasteiger partial charge in [-0.2, -0.15) is 22.7 Å². The molecule has 0 aliphatic carbocycles. The van der Waals surface area contributed by atoms with Crippen molar-refractivity contribution in [3.8, 4) is 6.07 Å². The molecular formula is C13H14F3N3O2S. The van der Waals surface area contributed by atoms with Gasteiger partial charge in [0.25, 0.3) is 0 Å². The maximum absolute atomic E-state index is 12.9. The van der Waals surface area contributed by atoms with Crippen LogP contribution in [0.15, 0.2) is 23.1 Å². The smallest absolute Gasteiger partial charge is 0.315 e. The fourth-order valence-corrected chi connectivity index (χ4v) is 3.73. The SMILES string of the molecule is N#Cc1ccc(S(=O)(=O)N2CCCNCC2)cc1C(F)(F)F. The van der Waals surface area contributed by atoms with Gasteiger partial charge in [0.1, 0.15) is 0 Å². The Morgan fingerprint density at radius 3 is 2.59 bits per heavy atom. The number of hydrogen-bond donors (Lipinski definition) is 1. The summed E-state index contributed by atoms with van der Waals surface area (Å²) < 4.78 is 64.9. The van der Waals surface area contributed by atoms with Gasteiger partial charge in [-0.1, -0.05) is 0 Å². The van der Waals surface area contributed by atoms with Crippen molar-refractivity contribution in [3.05, 3.63) is 29.3 Å². The van der Waals surface area contributed by atoms with Gasteiger partial charge in [0.2, 0.25) is 10.0 Å². The van der Waals surface area contributed by atoms with Gasteiger partial charge in [-0.05, 0) is 31.2 Å². The summed E-state index contributed by atoms with van der Waals surface area (Å²) in [5, 5.41) is 11.8. The molecule has 0 aromatic heterocycles. The molecule has 0 unspecified atom stereocenters. The second-order valence-corrected chi connectivity index (χ2v) is 6.76. The number of halogens is 3. The molecule has 1 saturated heterocycles. The fourth-order valence-electron chi connectivity index (χ4n) is 2.23. The van der Waals surface area contributed by atoms with Crippen LogP contribution in [0, 0.1) is 11.3 Å². The summed E-state index contributed by atoms with van der Waals surface area (Å²) in [4.78, 5) is -0.444. The Hall–Kier alpha value is -1.63. The van der Waals surface area contributed by atoms with Gasteiger partial charge >= 0.3 is 6.18 Å². The molecule has 0 bridgehead atoms. The molecule has 1 fully saturated rings. The van der Waals surface area contributed by atoms with Crippen molar-refractivity contribution < 1.29 is 21.6 Å².